The fraction of sp³-hybridized carbons (Fsp3) is 0.688. The third-order valence-corrected chi connectivity index (χ3v) is 4.49. The van der Waals surface area contributed by atoms with Crippen molar-refractivity contribution < 1.29 is 19.7 Å². The molecule has 2 heterocycles. The van der Waals surface area contributed by atoms with Gasteiger partial charge in [0.05, 0.1) is 17.8 Å². The summed E-state index contributed by atoms with van der Waals surface area (Å²) in [7, 11) is 0. The second-order valence-corrected chi connectivity index (χ2v) is 6.77. The lowest BCUT2D eigenvalue weighted by Crippen LogP contribution is -2.39. The second kappa shape index (κ2) is 4.30. The number of hydrogen-bond acceptors (Lipinski definition) is 4. The Balaban J connectivity index is 1.85. The first-order chi connectivity index (χ1) is 9.24. The number of allylic oxidation sites excluding steroid dienone is 1. The Bertz CT molecular complexity index is 509. The van der Waals surface area contributed by atoms with Gasteiger partial charge in [-0.25, -0.2) is 0 Å². The average Bonchev–Trinajstić information content (AvgIpc) is 2.92. The SMILES string of the molecule is C=C(C)C=C=C1C[C@@H]2O[C@@H](C(C)(C)O)C[C@]23O[C@@H]3[C@H]1O. The van der Waals surface area contributed by atoms with Gasteiger partial charge < -0.3 is 19.7 Å². The van der Waals surface area contributed by atoms with Gasteiger partial charge in [-0.15, -0.1) is 5.73 Å². The van der Waals surface area contributed by atoms with Crippen LogP contribution in [0, 0.1) is 0 Å². The lowest BCUT2D eigenvalue weighted by Gasteiger charge is -2.26. The number of epoxide rings is 1. The Morgan fingerprint density at radius 2 is 2.25 bits per heavy atom. The van der Waals surface area contributed by atoms with Crippen LogP contribution in [0.25, 0.3) is 0 Å². The molecule has 110 valence electrons. The largest absolute Gasteiger partial charge is 0.388 e. The summed E-state index contributed by atoms with van der Waals surface area (Å²) in [5.41, 5.74) is 3.50. The molecule has 0 aromatic heterocycles. The van der Waals surface area contributed by atoms with Crippen LogP contribution in [0.1, 0.15) is 33.6 Å². The summed E-state index contributed by atoms with van der Waals surface area (Å²) in [4.78, 5) is 0. The highest BCUT2D eigenvalue weighted by Gasteiger charge is 2.72. The highest BCUT2D eigenvalue weighted by molar-refractivity contribution is 5.31. The molecule has 3 fully saturated rings. The van der Waals surface area contributed by atoms with Crippen molar-refractivity contribution in [1.82, 2.24) is 0 Å². The minimum Gasteiger partial charge on any atom is -0.388 e. The quantitative estimate of drug-likeness (QED) is 0.456. The number of ether oxygens (including phenoxy) is 2. The Morgan fingerprint density at radius 1 is 1.55 bits per heavy atom. The standard InChI is InChI=1S/C16H22O4/c1-9(2)5-6-10-7-11-16(14(20-16)13(10)17)8-12(19-11)15(3,4)18/h5,11-14,17-18H,1,7-8H2,2-4H3/t6?,11-,12+,13-,14+,16-/m0/s1. The molecular weight excluding hydrogens is 256 g/mol. The number of aliphatic hydroxyl groups is 2. The summed E-state index contributed by atoms with van der Waals surface area (Å²) in [6.45, 7) is 9.18. The van der Waals surface area contributed by atoms with E-state index in [1.165, 1.54) is 0 Å². The Kier molecular flexibility index (Phi) is 3.02. The molecule has 3 rings (SSSR count). The molecule has 1 saturated carbocycles. The van der Waals surface area contributed by atoms with Crippen molar-refractivity contribution in [2.45, 2.75) is 69.2 Å². The van der Waals surface area contributed by atoms with Crippen molar-refractivity contribution in [2.75, 3.05) is 0 Å². The minimum atomic E-state index is -0.898. The molecule has 4 nitrogen and oxygen atoms in total. The van der Waals surface area contributed by atoms with Crippen LogP contribution in [0.4, 0.5) is 0 Å². The zero-order valence-corrected chi connectivity index (χ0v) is 12.2. The van der Waals surface area contributed by atoms with E-state index in [1.807, 2.05) is 6.92 Å². The zero-order valence-electron chi connectivity index (χ0n) is 12.2. The molecular formula is C16H22O4. The van der Waals surface area contributed by atoms with Crippen LogP contribution in [0.3, 0.4) is 0 Å². The highest BCUT2D eigenvalue weighted by atomic mass is 16.7. The third kappa shape index (κ3) is 2.09. The molecule has 1 aliphatic carbocycles. The van der Waals surface area contributed by atoms with Crippen molar-refractivity contribution in [3.63, 3.8) is 0 Å². The van der Waals surface area contributed by atoms with Crippen LogP contribution in [0.2, 0.25) is 0 Å². The molecule has 0 bridgehead atoms. The van der Waals surface area contributed by atoms with E-state index in [1.54, 1.807) is 19.9 Å². The summed E-state index contributed by atoms with van der Waals surface area (Å²) in [6.07, 6.45) is 1.79. The lowest BCUT2D eigenvalue weighted by atomic mass is 9.79. The normalized spacial score (nSPS) is 42.5. The fourth-order valence-electron chi connectivity index (χ4n) is 3.24. The van der Waals surface area contributed by atoms with Crippen molar-refractivity contribution in [2.24, 2.45) is 0 Å². The van der Waals surface area contributed by atoms with Crippen LogP contribution in [-0.4, -0.2) is 45.8 Å². The smallest absolute Gasteiger partial charge is 0.127 e. The van der Waals surface area contributed by atoms with E-state index in [-0.39, 0.29) is 18.3 Å². The number of aliphatic hydroxyl groups excluding tert-OH is 1. The maximum Gasteiger partial charge on any atom is 0.127 e. The van der Waals surface area contributed by atoms with Crippen molar-refractivity contribution in [1.29, 1.82) is 0 Å². The van der Waals surface area contributed by atoms with Gasteiger partial charge in [-0.05, 0) is 26.8 Å². The predicted molar refractivity (Wildman–Crippen MR) is 74.2 cm³/mol. The van der Waals surface area contributed by atoms with E-state index >= 15 is 0 Å². The van der Waals surface area contributed by atoms with Crippen LogP contribution in [0.15, 0.2) is 29.5 Å². The molecule has 1 spiro atoms. The summed E-state index contributed by atoms with van der Waals surface area (Å²) in [5, 5.41) is 20.5. The molecule has 20 heavy (non-hydrogen) atoms. The van der Waals surface area contributed by atoms with Crippen LogP contribution >= 0.6 is 0 Å². The van der Waals surface area contributed by atoms with Gasteiger partial charge in [0.2, 0.25) is 0 Å². The molecule has 0 aromatic rings. The summed E-state index contributed by atoms with van der Waals surface area (Å²) >= 11 is 0. The lowest BCUT2D eigenvalue weighted by molar-refractivity contribution is -0.0855. The maximum absolute atomic E-state index is 10.3. The van der Waals surface area contributed by atoms with E-state index in [0.29, 0.717) is 12.8 Å². The van der Waals surface area contributed by atoms with Crippen molar-refractivity contribution >= 4 is 0 Å². The minimum absolute atomic E-state index is 0.103. The molecule has 0 amide bonds. The number of hydrogen-bond donors (Lipinski definition) is 2. The van der Waals surface area contributed by atoms with Crippen molar-refractivity contribution in [3.8, 4) is 0 Å². The Hall–Kier alpha value is -0.900. The zero-order chi connectivity index (χ0) is 14.7. The van der Waals surface area contributed by atoms with Crippen LogP contribution in [-0.2, 0) is 9.47 Å². The summed E-state index contributed by atoms with van der Waals surface area (Å²) in [6, 6.07) is 0. The molecule has 0 unspecified atom stereocenters. The highest BCUT2D eigenvalue weighted by Crippen LogP contribution is 2.58. The first-order valence-corrected chi connectivity index (χ1v) is 7.09. The molecule has 5 atom stereocenters. The monoisotopic (exact) mass is 278 g/mol. The maximum atomic E-state index is 10.3. The fourth-order valence-corrected chi connectivity index (χ4v) is 3.24. The summed E-state index contributed by atoms with van der Waals surface area (Å²) in [5.74, 6) is 0. The molecule has 2 saturated heterocycles. The predicted octanol–water partition coefficient (Wildman–Crippen LogP) is 1.47. The first kappa shape index (κ1) is 14.1. The van der Waals surface area contributed by atoms with Gasteiger partial charge in [-0.3, -0.25) is 0 Å². The van der Waals surface area contributed by atoms with E-state index < -0.39 is 17.3 Å². The van der Waals surface area contributed by atoms with E-state index in [2.05, 4.69) is 12.3 Å². The van der Waals surface area contributed by atoms with Gasteiger partial charge >= 0.3 is 0 Å². The summed E-state index contributed by atoms with van der Waals surface area (Å²) < 4.78 is 11.8. The molecule has 2 aliphatic heterocycles. The van der Waals surface area contributed by atoms with Gasteiger partial charge in [0.25, 0.3) is 0 Å². The Morgan fingerprint density at radius 3 is 2.85 bits per heavy atom. The van der Waals surface area contributed by atoms with Crippen LogP contribution < -0.4 is 0 Å². The van der Waals surface area contributed by atoms with Gasteiger partial charge in [-0.2, -0.15) is 0 Å². The van der Waals surface area contributed by atoms with E-state index in [4.69, 9.17) is 9.47 Å². The second-order valence-electron chi connectivity index (χ2n) is 6.77. The van der Waals surface area contributed by atoms with E-state index in [0.717, 1.165) is 11.1 Å². The van der Waals surface area contributed by atoms with Gasteiger partial charge in [0, 0.05) is 18.4 Å². The first-order valence-electron chi connectivity index (χ1n) is 7.09. The van der Waals surface area contributed by atoms with Crippen LogP contribution in [0.5, 0.6) is 0 Å². The average molecular weight is 278 g/mol. The van der Waals surface area contributed by atoms with Gasteiger partial charge in [0.15, 0.2) is 0 Å². The molecule has 0 radical (unpaired) electrons. The topological polar surface area (TPSA) is 62.2 Å². The molecule has 0 aromatic carbocycles. The molecule has 3 aliphatic rings. The van der Waals surface area contributed by atoms with E-state index in [9.17, 15) is 10.2 Å². The van der Waals surface area contributed by atoms with Crippen molar-refractivity contribution in [3.05, 3.63) is 29.5 Å². The van der Waals surface area contributed by atoms with Gasteiger partial charge in [0.1, 0.15) is 17.8 Å². The molecule has 4 heteroatoms. The Labute approximate surface area is 119 Å². The van der Waals surface area contributed by atoms with Gasteiger partial charge in [-0.1, -0.05) is 12.2 Å². The third-order valence-electron chi connectivity index (χ3n) is 4.49. The molecule has 2 N–H and O–H groups in total. The number of rotatable bonds is 2.